The number of carboxylic acids is 1. The number of nitrogens with zero attached hydrogens (tertiary/aromatic N) is 1. The van der Waals surface area contributed by atoms with Crippen LogP contribution < -0.4 is 4.74 Å². The average Bonchev–Trinajstić information content (AvgIpc) is 2.50. The quantitative estimate of drug-likeness (QED) is 0.840. The highest BCUT2D eigenvalue weighted by Crippen LogP contribution is 2.34. The van der Waals surface area contributed by atoms with E-state index in [2.05, 4.69) is 0 Å². The second-order valence-electron chi connectivity index (χ2n) is 5.52. The molecule has 0 radical (unpaired) electrons. The van der Waals surface area contributed by atoms with Crippen LogP contribution in [-0.4, -0.2) is 47.4 Å². The molecule has 0 aromatic heterocycles. The molecule has 1 fully saturated rings. The van der Waals surface area contributed by atoms with E-state index in [-0.39, 0.29) is 12.5 Å². The third kappa shape index (κ3) is 3.91. The molecule has 1 aromatic carbocycles. The number of hydrogen-bond acceptors (Lipinski definition) is 4. The molecular formula is C16H22ClNO4. The SMILES string of the molecule is CCOc1ccc(Cl)cc1C(C(=O)O)N1CCC(CO)CC1. The molecule has 1 aromatic rings. The van der Waals surface area contributed by atoms with Crippen LogP contribution in [0.2, 0.25) is 5.02 Å². The van der Waals surface area contributed by atoms with Gasteiger partial charge in [0.15, 0.2) is 0 Å². The minimum absolute atomic E-state index is 0.160. The molecule has 0 spiro atoms. The summed E-state index contributed by atoms with van der Waals surface area (Å²) in [5.41, 5.74) is 0.587. The molecule has 22 heavy (non-hydrogen) atoms. The number of aliphatic carboxylic acids is 1. The average molecular weight is 328 g/mol. The van der Waals surface area contributed by atoms with E-state index < -0.39 is 12.0 Å². The van der Waals surface area contributed by atoms with E-state index in [1.165, 1.54) is 0 Å². The van der Waals surface area contributed by atoms with Crippen LogP contribution in [0.3, 0.4) is 0 Å². The molecule has 0 aliphatic carbocycles. The molecule has 2 rings (SSSR count). The minimum Gasteiger partial charge on any atom is -0.494 e. The van der Waals surface area contributed by atoms with Crippen LogP contribution in [0.4, 0.5) is 0 Å². The summed E-state index contributed by atoms with van der Waals surface area (Å²) in [5.74, 6) is -0.0920. The van der Waals surface area contributed by atoms with E-state index in [0.29, 0.717) is 36.0 Å². The van der Waals surface area contributed by atoms with Gasteiger partial charge >= 0.3 is 5.97 Å². The largest absolute Gasteiger partial charge is 0.494 e. The van der Waals surface area contributed by atoms with Crippen molar-refractivity contribution >= 4 is 17.6 Å². The third-order valence-corrected chi connectivity index (χ3v) is 4.31. The summed E-state index contributed by atoms with van der Waals surface area (Å²) in [7, 11) is 0. The van der Waals surface area contributed by atoms with Crippen molar-refractivity contribution < 1.29 is 19.7 Å². The maximum atomic E-state index is 11.8. The number of ether oxygens (including phenoxy) is 1. The molecule has 122 valence electrons. The predicted molar refractivity (Wildman–Crippen MR) is 84.4 cm³/mol. The Labute approximate surface area is 135 Å². The number of rotatable bonds is 6. The van der Waals surface area contributed by atoms with E-state index in [9.17, 15) is 15.0 Å². The smallest absolute Gasteiger partial charge is 0.325 e. The van der Waals surface area contributed by atoms with Crippen molar-refractivity contribution in [3.8, 4) is 5.75 Å². The van der Waals surface area contributed by atoms with Gasteiger partial charge < -0.3 is 14.9 Å². The monoisotopic (exact) mass is 327 g/mol. The maximum absolute atomic E-state index is 11.8. The molecule has 1 heterocycles. The summed E-state index contributed by atoms with van der Waals surface area (Å²) in [6.07, 6.45) is 1.59. The summed E-state index contributed by atoms with van der Waals surface area (Å²) in [5, 5.41) is 19.4. The Balaban J connectivity index is 2.28. The number of aliphatic hydroxyl groups is 1. The molecule has 0 saturated carbocycles. The van der Waals surface area contributed by atoms with Gasteiger partial charge in [0.1, 0.15) is 11.8 Å². The first-order valence-corrected chi connectivity index (χ1v) is 7.94. The number of aliphatic hydroxyl groups excluding tert-OH is 1. The van der Waals surface area contributed by atoms with Crippen LogP contribution in [0, 0.1) is 5.92 Å². The molecule has 1 unspecified atom stereocenters. The van der Waals surface area contributed by atoms with E-state index in [1.807, 2.05) is 11.8 Å². The molecule has 5 nitrogen and oxygen atoms in total. The lowest BCUT2D eigenvalue weighted by Crippen LogP contribution is -2.41. The van der Waals surface area contributed by atoms with Crippen LogP contribution in [-0.2, 0) is 4.79 Å². The Bertz CT molecular complexity index is 515. The second-order valence-corrected chi connectivity index (χ2v) is 5.95. The highest BCUT2D eigenvalue weighted by molar-refractivity contribution is 6.30. The fourth-order valence-corrected chi connectivity index (χ4v) is 3.08. The van der Waals surface area contributed by atoms with Crippen LogP contribution in [0.15, 0.2) is 18.2 Å². The number of benzene rings is 1. The van der Waals surface area contributed by atoms with Gasteiger partial charge in [-0.05, 0) is 57.0 Å². The number of halogens is 1. The standard InChI is InChI=1S/C16H22ClNO4/c1-2-22-14-4-3-12(17)9-13(14)15(16(20)21)18-7-5-11(10-19)6-8-18/h3-4,9,11,15,19H,2,5-8,10H2,1H3,(H,20,21). The van der Waals surface area contributed by atoms with Gasteiger partial charge in [0.05, 0.1) is 6.61 Å². The highest BCUT2D eigenvalue weighted by atomic mass is 35.5. The van der Waals surface area contributed by atoms with Gasteiger partial charge in [0, 0.05) is 17.2 Å². The van der Waals surface area contributed by atoms with Crippen LogP contribution in [0.5, 0.6) is 5.75 Å². The number of likely N-dealkylation sites (tertiary alicyclic amines) is 1. The molecular weight excluding hydrogens is 306 g/mol. The molecule has 1 atom stereocenters. The Hall–Kier alpha value is -1.30. The van der Waals surface area contributed by atoms with Gasteiger partial charge in [-0.3, -0.25) is 9.69 Å². The summed E-state index contributed by atoms with van der Waals surface area (Å²) in [6, 6.07) is 4.31. The zero-order valence-corrected chi connectivity index (χ0v) is 13.4. The molecule has 2 N–H and O–H groups in total. The van der Waals surface area contributed by atoms with Crippen LogP contribution in [0.1, 0.15) is 31.4 Å². The van der Waals surface area contributed by atoms with Crippen LogP contribution in [0.25, 0.3) is 0 Å². The first kappa shape index (κ1) is 17.1. The fourth-order valence-electron chi connectivity index (χ4n) is 2.90. The molecule has 1 aliphatic rings. The molecule has 6 heteroatoms. The lowest BCUT2D eigenvalue weighted by Gasteiger charge is -2.35. The Morgan fingerprint density at radius 2 is 2.14 bits per heavy atom. The van der Waals surface area contributed by atoms with E-state index in [4.69, 9.17) is 16.3 Å². The number of piperidine rings is 1. The highest BCUT2D eigenvalue weighted by Gasteiger charge is 2.33. The maximum Gasteiger partial charge on any atom is 0.325 e. The van der Waals surface area contributed by atoms with Gasteiger partial charge in [-0.15, -0.1) is 0 Å². The van der Waals surface area contributed by atoms with Gasteiger partial charge in [0.2, 0.25) is 0 Å². The number of carbonyl (C=O) groups is 1. The summed E-state index contributed by atoms with van der Waals surface area (Å²) in [4.78, 5) is 13.7. The van der Waals surface area contributed by atoms with Crippen molar-refractivity contribution in [2.75, 3.05) is 26.3 Å². The first-order valence-electron chi connectivity index (χ1n) is 7.56. The van der Waals surface area contributed by atoms with E-state index in [1.54, 1.807) is 18.2 Å². The topological polar surface area (TPSA) is 70.0 Å². The zero-order chi connectivity index (χ0) is 16.1. The van der Waals surface area contributed by atoms with Crippen molar-refractivity contribution in [2.45, 2.75) is 25.8 Å². The lowest BCUT2D eigenvalue weighted by molar-refractivity contribution is -0.144. The fraction of sp³-hybridized carbons (Fsp3) is 0.562. The van der Waals surface area contributed by atoms with Crippen molar-refractivity contribution in [1.29, 1.82) is 0 Å². The molecule has 0 amide bonds. The normalized spacial score (nSPS) is 18.1. The Morgan fingerprint density at radius 1 is 1.45 bits per heavy atom. The molecule has 1 aliphatic heterocycles. The molecule has 0 bridgehead atoms. The van der Waals surface area contributed by atoms with Gasteiger partial charge in [-0.1, -0.05) is 11.6 Å². The number of hydrogen-bond donors (Lipinski definition) is 2. The summed E-state index contributed by atoms with van der Waals surface area (Å²) in [6.45, 7) is 3.77. The third-order valence-electron chi connectivity index (χ3n) is 4.07. The van der Waals surface area contributed by atoms with E-state index >= 15 is 0 Å². The Morgan fingerprint density at radius 3 is 2.68 bits per heavy atom. The second kappa shape index (κ2) is 7.81. The van der Waals surface area contributed by atoms with Gasteiger partial charge in [-0.2, -0.15) is 0 Å². The Kier molecular flexibility index (Phi) is 6.06. The van der Waals surface area contributed by atoms with Gasteiger partial charge in [-0.25, -0.2) is 0 Å². The van der Waals surface area contributed by atoms with Crippen molar-refractivity contribution in [1.82, 2.24) is 4.90 Å². The molecule has 1 saturated heterocycles. The predicted octanol–water partition coefficient (Wildman–Crippen LogP) is 2.57. The summed E-state index contributed by atoms with van der Waals surface area (Å²) < 4.78 is 5.57. The van der Waals surface area contributed by atoms with Gasteiger partial charge in [0.25, 0.3) is 0 Å². The minimum atomic E-state index is -0.911. The van der Waals surface area contributed by atoms with Crippen molar-refractivity contribution in [2.24, 2.45) is 5.92 Å². The van der Waals surface area contributed by atoms with Crippen LogP contribution >= 0.6 is 11.6 Å². The first-order chi connectivity index (χ1) is 10.6. The number of carboxylic acid groups (broad SMARTS) is 1. The van der Waals surface area contributed by atoms with Crippen molar-refractivity contribution in [3.05, 3.63) is 28.8 Å². The lowest BCUT2D eigenvalue weighted by atomic mass is 9.94. The van der Waals surface area contributed by atoms with Crippen molar-refractivity contribution in [3.63, 3.8) is 0 Å². The zero-order valence-electron chi connectivity index (χ0n) is 12.7. The van der Waals surface area contributed by atoms with E-state index in [0.717, 1.165) is 12.8 Å². The summed E-state index contributed by atoms with van der Waals surface area (Å²) >= 11 is 6.05.